The summed E-state index contributed by atoms with van der Waals surface area (Å²) in [5.41, 5.74) is 3.30. The van der Waals surface area contributed by atoms with E-state index in [4.69, 9.17) is 14.5 Å². The van der Waals surface area contributed by atoms with E-state index in [1.165, 1.54) is 0 Å². The van der Waals surface area contributed by atoms with Gasteiger partial charge in [-0.05, 0) is 49.2 Å². The van der Waals surface area contributed by atoms with Gasteiger partial charge in [0.1, 0.15) is 0 Å². The van der Waals surface area contributed by atoms with Gasteiger partial charge in [0.15, 0.2) is 23.0 Å². The summed E-state index contributed by atoms with van der Waals surface area (Å²) < 4.78 is 12.5. The maximum absolute atomic E-state index is 13.0. The normalized spacial score (nSPS) is 11.1. The molecule has 0 aliphatic rings. The van der Waals surface area contributed by atoms with Crippen LogP contribution in [0.25, 0.3) is 21.9 Å². The van der Waals surface area contributed by atoms with Gasteiger partial charge in [0, 0.05) is 17.5 Å². The average molecular weight is 418 g/mol. The summed E-state index contributed by atoms with van der Waals surface area (Å²) in [7, 11) is 3.10. The molecule has 4 rings (SSSR count). The largest absolute Gasteiger partial charge is 0.493 e. The van der Waals surface area contributed by atoms with Crippen LogP contribution < -0.4 is 14.8 Å². The Kier molecular flexibility index (Phi) is 5.75. The van der Waals surface area contributed by atoms with Gasteiger partial charge in [0.2, 0.25) is 0 Å². The number of anilines is 1. The maximum Gasteiger partial charge on any atom is 0.257 e. The summed E-state index contributed by atoms with van der Waals surface area (Å²) in [5.74, 6) is 1.30. The molecule has 0 bridgehead atoms. The summed E-state index contributed by atoms with van der Waals surface area (Å²) in [6.07, 6.45) is 2.02. The minimum absolute atomic E-state index is 0.271. The van der Waals surface area contributed by atoms with Crippen LogP contribution in [-0.2, 0) is 6.54 Å². The van der Waals surface area contributed by atoms with Crippen LogP contribution in [0.2, 0.25) is 0 Å². The molecular formula is C24H26N4O3. The molecule has 4 aromatic rings. The number of benzene rings is 2. The highest BCUT2D eigenvalue weighted by Crippen LogP contribution is 2.30. The molecule has 1 amide bonds. The number of hydrogen-bond acceptors (Lipinski definition) is 5. The average Bonchev–Trinajstić information content (AvgIpc) is 3.11. The van der Waals surface area contributed by atoms with E-state index >= 15 is 0 Å². The van der Waals surface area contributed by atoms with Crippen LogP contribution in [0.1, 0.15) is 35.7 Å². The number of carbonyl (C=O) groups excluding carboxylic acids is 1. The van der Waals surface area contributed by atoms with Crippen molar-refractivity contribution in [1.82, 2.24) is 14.8 Å². The number of methoxy groups -OCH3 is 2. The standard InChI is InChI=1S/C24H26N4O3/c1-5-6-11-28-23-18(13-16-8-7-15(2)12-19(16)25-23)22(27-28)26-24(29)17-9-10-20(30-3)21(14-17)31-4/h7-10,12-14H,5-6,11H2,1-4H3,(H,26,27,29). The number of pyridine rings is 1. The smallest absolute Gasteiger partial charge is 0.257 e. The number of amides is 1. The summed E-state index contributed by atoms with van der Waals surface area (Å²) >= 11 is 0. The van der Waals surface area contributed by atoms with Gasteiger partial charge >= 0.3 is 0 Å². The number of rotatable bonds is 7. The number of aromatic nitrogens is 3. The molecule has 0 saturated heterocycles. The van der Waals surface area contributed by atoms with E-state index in [1.807, 2.05) is 16.8 Å². The van der Waals surface area contributed by atoms with E-state index < -0.39 is 0 Å². The number of nitrogens with one attached hydrogen (secondary N) is 1. The SMILES string of the molecule is CCCCn1nc(NC(=O)c2ccc(OC)c(OC)c2)c2cc3ccc(C)cc3nc21. The first-order valence-corrected chi connectivity index (χ1v) is 10.4. The van der Waals surface area contributed by atoms with E-state index in [2.05, 4.69) is 36.4 Å². The number of hydrogen-bond donors (Lipinski definition) is 1. The molecule has 7 nitrogen and oxygen atoms in total. The maximum atomic E-state index is 13.0. The zero-order chi connectivity index (χ0) is 22.0. The molecular weight excluding hydrogens is 392 g/mol. The Morgan fingerprint density at radius 1 is 1.06 bits per heavy atom. The fraction of sp³-hybridized carbons (Fsp3) is 0.292. The van der Waals surface area contributed by atoms with Crippen LogP contribution in [0.4, 0.5) is 5.82 Å². The molecule has 7 heteroatoms. The van der Waals surface area contributed by atoms with Crippen molar-refractivity contribution in [3.8, 4) is 11.5 Å². The van der Waals surface area contributed by atoms with Gasteiger partial charge in [-0.3, -0.25) is 4.79 Å². The Hall–Kier alpha value is -3.61. The summed E-state index contributed by atoms with van der Waals surface area (Å²) in [5, 5.41) is 9.47. The monoisotopic (exact) mass is 418 g/mol. The Morgan fingerprint density at radius 3 is 2.61 bits per heavy atom. The van der Waals surface area contributed by atoms with Crippen molar-refractivity contribution >= 4 is 33.7 Å². The quantitative estimate of drug-likeness (QED) is 0.459. The third-order valence-corrected chi connectivity index (χ3v) is 5.27. The van der Waals surface area contributed by atoms with Gasteiger partial charge in [0.25, 0.3) is 5.91 Å². The van der Waals surface area contributed by atoms with Crippen molar-refractivity contribution in [2.75, 3.05) is 19.5 Å². The number of aryl methyl sites for hydroxylation is 2. The molecule has 0 aliphatic heterocycles. The summed E-state index contributed by atoms with van der Waals surface area (Å²) in [6.45, 7) is 4.93. The van der Waals surface area contributed by atoms with Gasteiger partial charge in [-0.15, -0.1) is 0 Å². The summed E-state index contributed by atoms with van der Waals surface area (Å²) in [6, 6.07) is 13.3. The molecule has 31 heavy (non-hydrogen) atoms. The molecule has 2 aromatic carbocycles. The number of unbranched alkanes of at least 4 members (excludes halogenated alkanes) is 1. The van der Waals surface area contributed by atoms with Crippen molar-refractivity contribution < 1.29 is 14.3 Å². The second-order valence-electron chi connectivity index (χ2n) is 7.50. The van der Waals surface area contributed by atoms with E-state index in [0.29, 0.717) is 22.9 Å². The van der Waals surface area contributed by atoms with Crippen LogP contribution in [-0.4, -0.2) is 34.9 Å². The van der Waals surface area contributed by atoms with Crippen LogP contribution in [0.3, 0.4) is 0 Å². The van der Waals surface area contributed by atoms with E-state index in [0.717, 1.165) is 46.9 Å². The molecule has 0 saturated carbocycles. The second kappa shape index (κ2) is 8.63. The molecule has 2 aromatic heterocycles. The number of ether oxygens (including phenoxy) is 2. The van der Waals surface area contributed by atoms with Gasteiger partial charge in [-0.1, -0.05) is 25.5 Å². The predicted octanol–water partition coefficient (Wildman–Crippen LogP) is 4.96. The first-order chi connectivity index (χ1) is 15.0. The van der Waals surface area contributed by atoms with Crippen LogP contribution in [0, 0.1) is 6.92 Å². The topological polar surface area (TPSA) is 78.3 Å². The van der Waals surface area contributed by atoms with Gasteiger partial charge < -0.3 is 14.8 Å². The van der Waals surface area contributed by atoms with Crippen molar-refractivity contribution in [2.24, 2.45) is 0 Å². The fourth-order valence-electron chi connectivity index (χ4n) is 3.57. The lowest BCUT2D eigenvalue weighted by Gasteiger charge is -2.09. The Labute approximate surface area is 181 Å². The first-order valence-electron chi connectivity index (χ1n) is 10.4. The predicted molar refractivity (Wildman–Crippen MR) is 122 cm³/mol. The molecule has 0 radical (unpaired) electrons. The van der Waals surface area contributed by atoms with Crippen molar-refractivity contribution in [1.29, 1.82) is 0 Å². The van der Waals surface area contributed by atoms with E-state index in [1.54, 1.807) is 32.4 Å². The Balaban J connectivity index is 1.75. The first kappa shape index (κ1) is 20.7. The minimum atomic E-state index is -0.271. The van der Waals surface area contributed by atoms with E-state index in [9.17, 15) is 4.79 Å². The molecule has 2 heterocycles. The molecule has 0 unspecified atom stereocenters. The highest BCUT2D eigenvalue weighted by molar-refractivity contribution is 6.09. The van der Waals surface area contributed by atoms with Gasteiger partial charge in [0.05, 0.1) is 25.1 Å². The third kappa shape index (κ3) is 4.03. The molecule has 1 N–H and O–H groups in total. The van der Waals surface area contributed by atoms with Crippen molar-refractivity contribution in [3.63, 3.8) is 0 Å². The molecule has 0 spiro atoms. The zero-order valence-corrected chi connectivity index (χ0v) is 18.2. The molecule has 0 fully saturated rings. The number of nitrogens with zero attached hydrogens (tertiary/aromatic N) is 3. The molecule has 160 valence electrons. The Bertz CT molecular complexity index is 1260. The lowest BCUT2D eigenvalue weighted by atomic mass is 10.1. The highest BCUT2D eigenvalue weighted by Gasteiger charge is 2.17. The zero-order valence-electron chi connectivity index (χ0n) is 18.2. The lowest BCUT2D eigenvalue weighted by Crippen LogP contribution is -2.13. The fourth-order valence-corrected chi connectivity index (χ4v) is 3.57. The molecule has 0 atom stereocenters. The third-order valence-electron chi connectivity index (χ3n) is 5.27. The lowest BCUT2D eigenvalue weighted by molar-refractivity contribution is 0.102. The number of carbonyl (C=O) groups is 1. The minimum Gasteiger partial charge on any atom is -0.493 e. The van der Waals surface area contributed by atoms with E-state index in [-0.39, 0.29) is 5.91 Å². The van der Waals surface area contributed by atoms with Crippen LogP contribution in [0.5, 0.6) is 11.5 Å². The Morgan fingerprint density at radius 2 is 1.87 bits per heavy atom. The van der Waals surface area contributed by atoms with Crippen molar-refractivity contribution in [2.45, 2.75) is 33.2 Å². The molecule has 0 aliphatic carbocycles. The van der Waals surface area contributed by atoms with Gasteiger partial charge in [-0.2, -0.15) is 5.10 Å². The van der Waals surface area contributed by atoms with Gasteiger partial charge in [-0.25, -0.2) is 9.67 Å². The number of fused-ring (bicyclic) bond motifs is 2. The van der Waals surface area contributed by atoms with Crippen LogP contribution >= 0.6 is 0 Å². The summed E-state index contributed by atoms with van der Waals surface area (Å²) in [4.78, 5) is 17.8. The second-order valence-corrected chi connectivity index (χ2v) is 7.50. The van der Waals surface area contributed by atoms with Crippen LogP contribution in [0.15, 0.2) is 42.5 Å². The van der Waals surface area contributed by atoms with Crippen molar-refractivity contribution in [3.05, 3.63) is 53.6 Å². The highest BCUT2D eigenvalue weighted by atomic mass is 16.5.